The van der Waals surface area contributed by atoms with Crippen molar-refractivity contribution < 1.29 is 14.3 Å². The molecular weight excluding hydrogens is 456 g/mol. The molecule has 5 nitrogen and oxygen atoms in total. The molecule has 0 aliphatic heterocycles. The zero-order valence-corrected chi connectivity index (χ0v) is 19.4. The lowest BCUT2D eigenvalue weighted by Gasteiger charge is -2.29. The average Bonchev–Trinajstić information content (AvgIpc) is 2.79. The highest BCUT2D eigenvalue weighted by molar-refractivity contribution is 9.10. The Bertz CT molecular complexity index is 982. The van der Waals surface area contributed by atoms with E-state index >= 15 is 0 Å². The molecule has 0 bridgehead atoms. The summed E-state index contributed by atoms with van der Waals surface area (Å²) in [6, 6.07) is 15.6. The zero-order valence-electron chi connectivity index (χ0n) is 17.9. The molecule has 2 aromatic rings. The van der Waals surface area contributed by atoms with Crippen molar-refractivity contribution >= 4 is 27.9 Å². The van der Waals surface area contributed by atoms with Crippen molar-refractivity contribution in [3.8, 4) is 17.6 Å². The fourth-order valence-electron chi connectivity index (χ4n) is 3.75. The smallest absolute Gasteiger partial charge is 0.262 e. The quantitative estimate of drug-likeness (QED) is 0.409. The Morgan fingerprint density at radius 1 is 1.23 bits per heavy atom. The Hall–Kier alpha value is -2.78. The van der Waals surface area contributed by atoms with Gasteiger partial charge < -0.3 is 14.8 Å². The van der Waals surface area contributed by atoms with Crippen LogP contribution in [0.2, 0.25) is 0 Å². The first-order chi connectivity index (χ1) is 15.0. The molecule has 1 saturated carbocycles. The van der Waals surface area contributed by atoms with Gasteiger partial charge in [-0.15, -0.1) is 0 Å². The first-order valence-electron chi connectivity index (χ1n) is 10.5. The van der Waals surface area contributed by atoms with Gasteiger partial charge in [0.25, 0.3) is 5.91 Å². The molecule has 31 heavy (non-hydrogen) atoms. The fraction of sp³-hybridized carbons (Fsp3) is 0.360. The van der Waals surface area contributed by atoms with Crippen LogP contribution in [-0.2, 0) is 11.4 Å². The van der Waals surface area contributed by atoms with Gasteiger partial charge in [-0.1, -0.05) is 66.0 Å². The number of benzene rings is 2. The number of ether oxygens (including phenoxy) is 2. The minimum atomic E-state index is -0.337. The molecule has 0 heterocycles. The maximum atomic E-state index is 12.7. The summed E-state index contributed by atoms with van der Waals surface area (Å²) >= 11 is 3.53. The van der Waals surface area contributed by atoms with Gasteiger partial charge in [-0.3, -0.25) is 4.79 Å². The highest BCUT2D eigenvalue weighted by Crippen LogP contribution is 2.35. The minimum Gasteiger partial charge on any atom is -0.493 e. The largest absolute Gasteiger partial charge is 0.493 e. The predicted molar refractivity (Wildman–Crippen MR) is 125 cm³/mol. The number of hydrogen-bond acceptors (Lipinski definition) is 4. The number of nitriles is 1. The van der Waals surface area contributed by atoms with E-state index in [0.29, 0.717) is 34.1 Å². The number of rotatable bonds is 7. The standard InChI is InChI=1S/C25H27BrN2O3/c1-17-8-6-7-11-22(17)28-25(29)20(15-27)12-19-13-23(30-2)24(14-21(19)26)31-16-18-9-4-3-5-10-18/h3-5,9-10,12-14,17,22H,6-8,11,16H2,1-2H3,(H,28,29)/b20-12+/t17-,22+/m0/s1. The van der Waals surface area contributed by atoms with Gasteiger partial charge >= 0.3 is 0 Å². The Kier molecular flexibility index (Phi) is 8.13. The van der Waals surface area contributed by atoms with Crippen LogP contribution in [0, 0.1) is 17.2 Å². The van der Waals surface area contributed by atoms with Crippen LogP contribution in [0.3, 0.4) is 0 Å². The van der Waals surface area contributed by atoms with Crippen LogP contribution in [0.4, 0.5) is 0 Å². The van der Waals surface area contributed by atoms with E-state index in [1.807, 2.05) is 36.4 Å². The molecule has 1 N–H and O–H groups in total. The molecular formula is C25H27BrN2O3. The van der Waals surface area contributed by atoms with Crippen molar-refractivity contribution in [3.05, 3.63) is 63.6 Å². The third-order valence-corrected chi connectivity index (χ3v) is 6.30. The fourth-order valence-corrected chi connectivity index (χ4v) is 4.19. The van der Waals surface area contributed by atoms with E-state index in [4.69, 9.17) is 9.47 Å². The van der Waals surface area contributed by atoms with Gasteiger partial charge in [0.15, 0.2) is 11.5 Å². The van der Waals surface area contributed by atoms with Crippen molar-refractivity contribution in [2.24, 2.45) is 5.92 Å². The van der Waals surface area contributed by atoms with Gasteiger partial charge in [0.1, 0.15) is 18.2 Å². The third kappa shape index (κ3) is 6.11. The van der Waals surface area contributed by atoms with Gasteiger partial charge in [-0.25, -0.2) is 0 Å². The summed E-state index contributed by atoms with van der Waals surface area (Å²) in [5.41, 5.74) is 1.79. The molecule has 0 unspecified atom stereocenters. The molecule has 162 valence electrons. The van der Waals surface area contributed by atoms with Gasteiger partial charge in [0.05, 0.1) is 7.11 Å². The Balaban J connectivity index is 1.77. The van der Waals surface area contributed by atoms with Crippen LogP contribution < -0.4 is 14.8 Å². The van der Waals surface area contributed by atoms with E-state index in [-0.39, 0.29) is 17.5 Å². The second-order valence-electron chi connectivity index (χ2n) is 7.81. The normalized spacial score (nSPS) is 18.7. The Morgan fingerprint density at radius 2 is 1.97 bits per heavy atom. The van der Waals surface area contributed by atoms with Crippen molar-refractivity contribution in [1.29, 1.82) is 5.26 Å². The highest BCUT2D eigenvalue weighted by Gasteiger charge is 2.24. The second kappa shape index (κ2) is 11.0. The number of carbonyl (C=O) groups is 1. The summed E-state index contributed by atoms with van der Waals surface area (Å²) in [5, 5.41) is 12.6. The summed E-state index contributed by atoms with van der Waals surface area (Å²) in [4.78, 5) is 12.7. The molecule has 0 aromatic heterocycles. The molecule has 1 aliphatic rings. The van der Waals surface area contributed by atoms with Crippen LogP contribution in [0.1, 0.15) is 43.7 Å². The number of amides is 1. The van der Waals surface area contributed by atoms with Crippen molar-refractivity contribution in [2.75, 3.05) is 7.11 Å². The lowest BCUT2D eigenvalue weighted by molar-refractivity contribution is -0.118. The molecule has 1 aliphatic carbocycles. The maximum absolute atomic E-state index is 12.7. The highest BCUT2D eigenvalue weighted by atomic mass is 79.9. The summed E-state index contributed by atoms with van der Waals surface area (Å²) in [6.07, 6.45) is 5.94. The predicted octanol–water partition coefficient (Wildman–Crippen LogP) is 5.64. The van der Waals surface area contributed by atoms with Crippen LogP contribution in [0.15, 0.2) is 52.5 Å². The summed E-state index contributed by atoms with van der Waals surface area (Å²) in [7, 11) is 1.56. The lowest BCUT2D eigenvalue weighted by Crippen LogP contribution is -2.41. The monoisotopic (exact) mass is 482 g/mol. The number of halogens is 1. The third-order valence-electron chi connectivity index (χ3n) is 5.61. The van der Waals surface area contributed by atoms with Crippen LogP contribution in [0.25, 0.3) is 6.08 Å². The average molecular weight is 483 g/mol. The number of carbonyl (C=O) groups excluding carboxylic acids is 1. The molecule has 0 saturated heterocycles. The minimum absolute atomic E-state index is 0.0680. The van der Waals surface area contributed by atoms with Crippen molar-refractivity contribution in [3.63, 3.8) is 0 Å². The number of methoxy groups -OCH3 is 1. The molecule has 2 aromatic carbocycles. The van der Waals surface area contributed by atoms with Crippen LogP contribution >= 0.6 is 15.9 Å². The number of hydrogen-bond donors (Lipinski definition) is 1. The van der Waals surface area contributed by atoms with Gasteiger partial charge in [0, 0.05) is 10.5 Å². The topological polar surface area (TPSA) is 71.3 Å². The number of nitrogens with zero attached hydrogens (tertiary/aromatic N) is 1. The van der Waals surface area contributed by atoms with E-state index in [9.17, 15) is 10.1 Å². The molecule has 0 radical (unpaired) electrons. The van der Waals surface area contributed by atoms with Crippen molar-refractivity contribution in [1.82, 2.24) is 5.32 Å². The van der Waals surface area contributed by atoms with Gasteiger partial charge in [-0.2, -0.15) is 5.26 Å². The van der Waals surface area contributed by atoms with Crippen molar-refractivity contribution in [2.45, 2.75) is 45.3 Å². The first kappa shape index (κ1) is 22.9. The zero-order chi connectivity index (χ0) is 22.2. The molecule has 6 heteroatoms. The molecule has 0 spiro atoms. The van der Waals surface area contributed by atoms with Crippen LogP contribution in [0.5, 0.6) is 11.5 Å². The van der Waals surface area contributed by atoms with E-state index < -0.39 is 0 Å². The number of nitrogens with one attached hydrogen (secondary N) is 1. The van der Waals surface area contributed by atoms with Crippen LogP contribution in [-0.4, -0.2) is 19.1 Å². The molecule has 3 rings (SSSR count). The van der Waals surface area contributed by atoms with Gasteiger partial charge in [-0.05, 0) is 48.1 Å². The second-order valence-corrected chi connectivity index (χ2v) is 8.66. The van der Waals surface area contributed by atoms with E-state index in [1.54, 1.807) is 25.3 Å². The van der Waals surface area contributed by atoms with E-state index in [2.05, 4.69) is 28.2 Å². The molecule has 1 amide bonds. The summed E-state index contributed by atoms with van der Waals surface area (Å²) < 4.78 is 12.1. The maximum Gasteiger partial charge on any atom is 0.262 e. The Morgan fingerprint density at radius 3 is 2.65 bits per heavy atom. The molecule has 1 fully saturated rings. The van der Waals surface area contributed by atoms with Gasteiger partial charge in [0.2, 0.25) is 0 Å². The lowest BCUT2D eigenvalue weighted by atomic mass is 9.86. The Labute approximate surface area is 192 Å². The molecule has 2 atom stereocenters. The summed E-state index contributed by atoms with van der Waals surface area (Å²) in [5.74, 6) is 1.19. The summed E-state index contributed by atoms with van der Waals surface area (Å²) in [6.45, 7) is 2.56. The first-order valence-corrected chi connectivity index (χ1v) is 11.3. The van der Waals surface area contributed by atoms with E-state index in [1.165, 1.54) is 6.42 Å². The van der Waals surface area contributed by atoms with E-state index in [0.717, 1.165) is 24.8 Å². The SMILES string of the molecule is COc1cc(/C=C(\C#N)C(=O)N[C@@H]2CCCC[C@@H]2C)c(Br)cc1OCc1ccccc1.